The molecule has 0 saturated carbocycles. The predicted molar refractivity (Wildman–Crippen MR) is 79.8 cm³/mol. The van der Waals surface area contributed by atoms with E-state index in [1.165, 1.54) is 11.1 Å². The van der Waals surface area contributed by atoms with E-state index in [9.17, 15) is 4.39 Å². The summed E-state index contributed by atoms with van der Waals surface area (Å²) in [4.78, 5) is 0. The maximum absolute atomic E-state index is 14.2. The number of nitrogens with two attached hydrogens (primary N) is 1. The Hall–Kier alpha value is -0.900. The standard InChI is InChI=1S/C15H12BrClFN/c16-12-5-4-11(15(18)14(12)17)9-1-3-10-8(7-9)2-6-13(10)19/h1,3-5,7,13H,2,6,19H2. The van der Waals surface area contributed by atoms with Gasteiger partial charge in [-0.05, 0) is 51.5 Å². The molecule has 0 aromatic heterocycles. The number of hydrogen-bond acceptors (Lipinski definition) is 1. The fourth-order valence-electron chi connectivity index (χ4n) is 2.57. The van der Waals surface area contributed by atoms with Gasteiger partial charge in [0.1, 0.15) is 0 Å². The molecule has 0 radical (unpaired) electrons. The minimum Gasteiger partial charge on any atom is -0.324 e. The number of benzene rings is 2. The highest BCUT2D eigenvalue weighted by Crippen LogP contribution is 2.36. The zero-order chi connectivity index (χ0) is 13.6. The minimum atomic E-state index is -0.390. The molecular weight excluding hydrogens is 329 g/mol. The molecule has 1 unspecified atom stereocenters. The van der Waals surface area contributed by atoms with Crippen molar-refractivity contribution in [3.05, 3.63) is 56.8 Å². The lowest BCUT2D eigenvalue weighted by Gasteiger charge is -2.09. The Morgan fingerprint density at radius 3 is 2.84 bits per heavy atom. The Bertz CT molecular complexity index is 657. The topological polar surface area (TPSA) is 26.0 Å². The summed E-state index contributed by atoms with van der Waals surface area (Å²) in [5.41, 5.74) is 9.76. The third-order valence-corrected chi connectivity index (χ3v) is 4.87. The van der Waals surface area contributed by atoms with E-state index < -0.39 is 5.82 Å². The van der Waals surface area contributed by atoms with Crippen LogP contribution in [0.3, 0.4) is 0 Å². The van der Waals surface area contributed by atoms with Crippen molar-refractivity contribution in [3.63, 3.8) is 0 Å². The molecule has 1 atom stereocenters. The normalized spacial score (nSPS) is 17.6. The molecule has 2 N–H and O–H groups in total. The van der Waals surface area contributed by atoms with E-state index in [1.807, 2.05) is 18.2 Å². The molecule has 0 bridgehead atoms. The molecule has 2 aromatic rings. The van der Waals surface area contributed by atoms with Crippen molar-refractivity contribution in [3.8, 4) is 11.1 Å². The van der Waals surface area contributed by atoms with Crippen molar-refractivity contribution in [2.24, 2.45) is 5.73 Å². The number of aryl methyl sites for hydroxylation is 1. The zero-order valence-electron chi connectivity index (χ0n) is 10.1. The summed E-state index contributed by atoms with van der Waals surface area (Å²) >= 11 is 9.15. The fourth-order valence-corrected chi connectivity index (χ4v) is 3.04. The van der Waals surface area contributed by atoms with Crippen molar-refractivity contribution < 1.29 is 4.39 Å². The van der Waals surface area contributed by atoms with E-state index in [4.69, 9.17) is 17.3 Å². The second-order valence-electron chi connectivity index (χ2n) is 4.78. The third kappa shape index (κ3) is 2.20. The summed E-state index contributed by atoms with van der Waals surface area (Å²) < 4.78 is 14.8. The van der Waals surface area contributed by atoms with E-state index in [2.05, 4.69) is 15.9 Å². The SMILES string of the molecule is NC1CCc2cc(-c3ccc(Br)c(Cl)c3F)ccc21. The molecule has 1 aliphatic rings. The van der Waals surface area contributed by atoms with Gasteiger partial charge in [-0.25, -0.2) is 4.39 Å². The van der Waals surface area contributed by atoms with Crippen molar-refractivity contribution in [2.45, 2.75) is 18.9 Å². The van der Waals surface area contributed by atoms with E-state index in [0.29, 0.717) is 10.0 Å². The van der Waals surface area contributed by atoms with Crippen LogP contribution < -0.4 is 5.73 Å². The van der Waals surface area contributed by atoms with E-state index in [1.54, 1.807) is 12.1 Å². The van der Waals surface area contributed by atoms with Crippen LogP contribution in [-0.4, -0.2) is 0 Å². The van der Waals surface area contributed by atoms with Gasteiger partial charge in [-0.3, -0.25) is 0 Å². The molecule has 19 heavy (non-hydrogen) atoms. The first-order valence-corrected chi connectivity index (χ1v) is 7.27. The van der Waals surface area contributed by atoms with Crippen LogP contribution >= 0.6 is 27.5 Å². The Kier molecular flexibility index (Phi) is 3.37. The predicted octanol–water partition coefficient (Wildman–Crippen LogP) is 4.85. The zero-order valence-corrected chi connectivity index (χ0v) is 12.4. The van der Waals surface area contributed by atoms with E-state index >= 15 is 0 Å². The molecule has 0 spiro atoms. The van der Waals surface area contributed by atoms with Crippen molar-refractivity contribution in [2.75, 3.05) is 0 Å². The quantitative estimate of drug-likeness (QED) is 0.738. The fraction of sp³-hybridized carbons (Fsp3) is 0.200. The van der Waals surface area contributed by atoms with Crippen LogP contribution in [0.25, 0.3) is 11.1 Å². The van der Waals surface area contributed by atoms with Gasteiger partial charge in [-0.2, -0.15) is 0 Å². The summed E-state index contributed by atoms with van der Waals surface area (Å²) in [6.45, 7) is 0. The summed E-state index contributed by atoms with van der Waals surface area (Å²) in [6.07, 6.45) is 1.92. The van der Waals surface area contributed by atoms with Crippen LogP contribution in [-0.2, 0) is 6.42 Å². The molecule has 1 aliphatic carbocycles. The van der Waals surface area contributed by atoms with Gasteiger partial charge in [0, 0.05) is 16.1 Å². The summed E-state index contributed by atoms with van der Waals surface area (Å²) in [7, 11) is 0. The summed E-state index contributed by atoms with van der Waals surface area (Å²) in [6, 6.07) is 9.54. The highest BCUT2D eigenvalue weighted by Gasteiger charge is 2.20. The second-order valence-corrected chi connectivity index (χ2v) is 6.01. The molecule has 3 rings (SSSR count). The largest absolute Gasteiger partial charge is 0.324 e. The number of halogens is 3. The average Bonchev–Trinajstić information content (AvgIpc) is 2.77. The maximum atomic E-state index is 14.2. The third-order valence-electron chi connectivity index (χ3n) is 3.61. The van der Waals surface area contributed by atoms with Gasteiger partial charge in [0.25, 0.3) is 0 Å². The molecule has 0 saturated heterocycles. The molecule has 4 heteroatoms. The second kappa shape index (κ2) is 4.89. The van der Waals surface area contributed by atoms with Crippen LogP contribution in [0, 0.1) is 5.82 Å². The van der Waals surface area contributed by atoms with Crippen molar-refractivity contribution in [1.82, 2.24) is 0 Å². The Labute approximate surface area is 124 Å². The van der Waals surface area contributed by atoms with Crippen LogP contribution in [0.5, 0.6) is 0 Å². The van der Waals surface area contributed by atoms with Crippen LogP contribution in [0.2, 0.25) is 5.02 Å². The smallest absolute Gasteiger partial charge is 0.150 e. The van der Waals surface area contributed by atoms with Gasteiger partial charge in [0.15, 0.2) is 5.82 Å². The Morgan fingerprint density at radius 2 is 2.05 bits per heavy atom. The first kappa shape index (κ1) is 13.1. The molecule has 2 aromatic carbocycles. The first-order chi connectivity index (χ1) is 9.08. The lowest BCUT2D eigenvalue weighted by molar-refractivity contribution is 0.631. The molecule has 1 nitrogen and oxygen atoms in total. The number of fused-ring (bicyclic) bond motifs is 1. The maximum Gasteiger partial charge on any atom is 0.150 e. The molecule has 0 heterocycles. The monoisotopic (exact) mass is 339 g/mol. The van der Waals surface area contributed by atoms with Gasteiger partial charge in [-0.1, -0.05) is 35.9 Å². The average molecular weight is 341 g/mol. The number of hydrogen-bond donors (Lipinski definition) is 1. The van der Waals surface area contributed by atoms with Gasteiger partial charge in [-0.15, -0.1) is 0 Å². The van der Waals surface area contributed by atoms with Gasteiger partial charge in [0.05, 0.1) is 5.02 Å². The summed E-state index contributed by atoms with van der Waals surface area (Å²) in [5, 5.41) is 0.120. The molecule has 0 aliphatic heterocycles. The molecule has 98 valence electrons. The molecule has 0 fully saturated rings. The highest BCUT2D eigenvalue weighted by molar-refractivity contribution is 9.10. The van der Waals surface area contributed by atoms with Crippen LogP contribution in [0.15, 0.2) is 34.8 Å². The highest BCUT2D eigenvalue weighted by atomic mass is 79.9. The lowest BCUT2D eigenvalue weighted by Crippen LogP contribution is -2.04. The Balaban J connectivity index is 2.11. The summed E-state index contributed by atoms with van der Waals surface area (Å²) in [5.74, 6) is -0.390. The van der Waals surface area contributed by atoms with Crippen LogP contribution in [0.1, 0.15) is 23.6 Å². The van der Waals surface area contributed by atoms with E-state index in [0.717, 1.165) is 18.4 Å². The number of rotatable bonds is 1. The first-order valence-electron chi connectivity index (χ1n) is 6.10. The van der Waals surface area contributed by atoms with Gasteiger partial charge >= 0.3 is 0 Å². The molecule has 0 amide bonds. The van der Waals surface area contributed by atoms with Crippen molar-refractivity contribution >= 4 is 27.5 Å². The van der Waals surface area contributed by atoms with Crippen LogP contribution in [0.4, 0.5) is 4.39 Å². The minimum absolute atomic E-state index is 0.113. The molecular formula is C15H12BrClFN. The Morgan fingerprint density at radius 1 is 1.26 bits per heavy atom. The van der Waals surface area contributed by atoms with Gasteiger partial charge in [0.2, 0.25) is 0 Å². The van der Waals surface area contributed by atoms with E-state index in [-0.39, 0.29) is 11.1 Å². The lowest BCUT2D eigenvalue weighted by atomic mass is 9.99. The van der Waals surface area contributed by atoms with Crippen molar-refractivity contribution in [1.29, 1.82) is 0 Å². The van der Waals surface area contributed by atoms with Gasteiger partial charge < -0.3 is 5.73 Å².